The lowest BCUT2D eigenvalue weighted by Gasteiger charge is -2.28. The monoisotopic (exact) mass is 524 g/mol. The summed E-state index contributed by atoms with van der Waals surface area (Å²) in [6.07, 6.45) is -9.99. The Bertz CT molecular complexity index is 1220. The highest BCUT2D eigenvalue weighted by molar-refractivity contribution is 9.10. The number of halogens is 10. The molecule has 0 heterocycles. The molecule has 10 heteroatoms. The molecule has 0 aliphatic heterocycles. The Kier molecular flexibility index (Phi) is 5.34. The van der Waals surface area contributed by atoms with Crippen molar-refractivity contribution in [3.8, 4) is 22.3 Å². The topological polar surface area (TPSA) is 0 Å². The fraction of sp³-hybridized carbons (Fsp3) is 0.182. The molecule has 3 aromatic carbocycles. The Morgan fingerprint density at radius 3 is 1.53 bits per heavy atom. The van der Waals surface area contributed by atoms with Gasteiger partial charge in [-0.05, 0) is 76.6 Å². The third-order valence-electron chi connectivity index (χ3n) is 5.25. The van der Waals surface area contributed by atoms with E-state index in [1.807, 2.05) is 0 Å². The molecule has 168 valence electrons. The van der Waals surface area contributed by atoms with Crippen LogP contribution in [0.1, 0.15) is 22.3 Å². The highest BCUT2D eigenvalue weighted by Crippen LogP contribution is 2.50. The van der Waals surface area contributed by atoms with Gasteiger partial charge in [-0.2, -0.15) is 26.3 Å². The second-order valence-corrected chi connectivity index (χ2v) is 8.21. The lowest BCUT2D eigenvalue weighted by atomic mass is 9.79. The number of aryl methyl sites for hydroxylation is 2. The summed E-state index contributed by atoms with van der Waals surface area (Å²) in [6.45, 7) is 0. The summed E-state index contributed by atoms with van der Waals surface area (Å²) in [4.78, 5) is 0. The van der Waals surface area contributed by atoms with Crippen LogP contribution in [0.5, 0.6) is 0 Å². The third-order valence-corrected chi connectivity index (χ3v) is 5.70. The van der Waals surface area contributed by atoms with Crippen LogP contribution in [0, 0.1) is 17.5 Å². The van der Waals surface area contributed by atoms with Crippen molar-refractivity contribution in [3.63, 3.8) is 0 Å². The number of rotatable bonds is 1. The lowest BCUT2D eigenvalue weighted by Crippen LogP contribution is -2.18. The molecule has 0 saturated heterocycles. The van der Waals surface area contributed by atoms with E-state index in [-0.39, 0.29) is 39.6 Å². The predicted octanol–water partition coefficient (Wildman–Crippen LogP) is 8.34. The van der Waals surface area contributed by atoms with Crippen molar-refractivity contribution in [2.45, 2.75) is 25.2 Å². The summed E-state index contributed by atoms with van der Waals surface area (Å²) in [6, 6.07) is 4.81. The van der Waals surface area contributed by atoms with Crippen LogP contribution in [0.25, 0.3) is 22.3 Å². The van der Waals surface area contributed by atoms with Gasteiger partial charge < -0.3 is 0 Å². The molecule has 4 rings (SSSR count). The lowest BCUT2D eigenvalue weighted by molar-refractivity contribution is -0.139. The Balaban J connectivity index is 2.06. The first kappa shape index (κ1) is 22.7. The van der Waals surface area contributed by atoms with Gasteiger partial charge in [0, 0.05) is 4.47 Å². The molecule has 0 radical (unpaired) electrons. The van der Waals surface area contributed by atoms with E-state index in [9.17, 15) is 39.5 Å². The van der Waals surface area contributed by atoms with Crippen LogP contribution >= 0.6 is 15.9 Å². The maximum absolute atomic E-state index is 14.0. The number of fused-ring (bicyclic) bond motifs is 3. The van der Waals surface area contributed by atoms with Crippen LogP contribution in [0.4, 0.5) is 39.5 Å². The molecule has 3 aromatic rings. The number of benzene rings is 3. The zero-order valence-corrected chi connectivity index (χ0v) is 17.2. The Labute approximate surface area is 183 Å². The van der Waals surface area contributed by atoms with Crippen LogP contribution in [-0.4, -0.2) is 0 Å². The Morgan fingerprint density at radius 2 is 1.03 bits per heavy atom. The van der Waals surface area contributed by atoms with Crippen molar-refractivity contribution in [2.75, 3.05) is 0 Å². The van der Waals surface area contributed by atoms with Gasteiger partial charge in [0.15, 0.2) is 17.5 Å². The summed E-state index contributed by atoms with van der Waals surface area (Å²) >= 11 is 2.97. The molecule has 0 atom stereocenters. The standard InChI is InChI=1S/C22H10BrF9/c23-13-4-10-2-1-9-3-11(12-6-16(24)20(26)17(25)7-12)5-14(21(27,28)29)18(9)19(10)15(8-13)22(30,31)32/h3-8H,1-2H2. The summed E-state index contributed by atoms with van der Waals surface area (Å²) in [7, 11) is 0. The predicted molar refractivity (Wildman–Crippen MR) is 102 cm³/mol. The molecule has 1 aliphatic carbocycles. The molecule has 0 N–H and O–H groups in total. The van der Waals surface area contributed by atoms with Crippen molar-refractivity contribution < 1.29 is 39.5 Å². The van der Waals surface area contributed by atoms with Crippen molar-refractivity contribution in [1.29, 1.82) is 0 Å². The van der Waals surface area contributed by atoms with E-state index in [2.05, 4.69) is 15.9 Å². The molecule has 0 nitrogen and oxygen atoms in total. The van der Waals surface area contributed by atoms with E-state index in [4.69, 9.17) is 0 Å². The minimum atomic E-state index is -5.07. The van der Waals surface area contributed by atoms with Gasteiger partial charge >= 0.3 is 12.4 Å². The van der Waals surface area contributed by atoms with Gasteiger partial charge in [0.05, 0.1) is 11.1 Å². The SMILES string of the molecule is Fc1cc(-c2cc3c(c(C(F)(F)F)c2)-c2c(cc(Br)cc2C(F)(F)F)CC3)cc(F)c1F. The fourth-order valence-corrected chi connectivity index (χ4v) is 4.46. The summed E-state index contributed by atoms with van der Waals surface area (Å²) in [5, 5.41) is 0. The van der Waals surface area contributed by atoms with Crippen molar-refractivity contribution >= 4 is 15.9 Å². The fourth-order valence-electron chi connectivity index (χ4n) is 3.96. The summed E-state index contributed by atoms with van der Waals surface area (Å²) in [5.41, 5.74) is -4.40. The quantitative estimate of drug-likeness (QED) is 0.221. The summed E-state index contributed by atoms with van der Waals surface area (Å²) in [5.74, 6) is -4.97. The van der Waals surface area contributed by atoms with Gasteiger partial charge in [0.1, 0.15) is 0 Å². The molecule has 0 unspecified atom stereocenters. The molecule has 0 aromatic heterocycles. The minimum Gasteiger partial charge on any atom is -0.204 e. The molecular formula is C22H10BrF9. The molecule has 0 saturated carbocycles. The Morgan fingerprint density at radius 1 is 0.594 bits per heavy atom. The largest absolute Gasteiger partial charge is 0.417 e. The highest BCUT2D eigenvalue weighted by Gasteiger charge is 2.42. The van der Waals surface area contributed by atoms with E-state index >= 15 is 0 Å². The molecule has 0 spiro atoms. The van der Waals surface area contributed by atoms with E-state index < -0.39 is 52.1 Å². The average Bonchev–Trinajstić information content (AvgIpc) is 2.68. The van der Waals surface area contributed by atoms with Gasteiger partial charge in [-0.3, -0.25) is 0 Å². The van der Waals surface area contributed by atoms with Crippen molar-refractivity contribution in [1.82, 2.24) is 0 Å². The first-order valence-electron chi connectivity index (χ1n) is 9.06. The normalized spacial score (nSPS) is 13.7. The minimum absolute atomic E-state index is 0.0255. The van der Waals surface area contributed by atoms with Gasteiger partial charge in [-0.1, -0.05) is 22.0 Å². The molecule has 0 bridgehead atoms. The van der Waals surface area contributed by atoms with Crippen molar-refractivity contribution in [3.05, 3.63) is 80.6 Å². The van der Waals surface area contributed by atoms with Crippen molar-refractivity contribution in [2.24, 2.45) is 0 Å². The molecule has 32 heavy (non-hydrogen) atoms. The smallest absolute Gasteiger partial charge is 0.204 e. The van der Waals surface area contributed by atoms with Gasteiger partial charge in [-0.15, -0.1) is 0 Å². The van der Waals surface area contributed by atoms with Crippen LogP contribution in [0.3, 0.4) is 0 Å². The van der Waals surface area contributed by atoms with Crippen LogP contribution < -0.4 is 0 Å². The van der Waals surface area contributed by atoms with E-state index in [1.54, 1.807) is 0 Å². The van der Waals surface area contributed by atoms with E-state index in [1.165, 1.54) is 6.07 Å². The zero-order valence-electron chi connectivity index (χ0n) is 15.7. The van der Waals surface area contributed by atoms with Crippen LogP contribution in [0.2, 0.25) is 0 Å². The van der Waals surface area contributed by atoms with Crippen LogP contribution in [0.15, 0.2) is 40.9 Å². The summed E-state index contributed by atoms with van der Waals surface area (Å²) < 4.78 is 124. The molecule has 0 fully saturated rings. The molecule has 1 aliphatic rings. The highest BCUT2D eigenvalue weighted by atomic mass is 79.9. The number of alkyl halides is 6. The average molecular weight is 525 g/mol. The maximum atomic E-state index is 14.0. The second-order valence-electron chi connectivity index (χ2n) is 7.29. The van der Waals surface area contributed by atoms with Gasteiger partial charge in [0.2, 0.25) is 0 Å². The van der Waals surface area contributed by atoms with Gasteiger partial charge in [-0.25, -0.2) is 13.2 Å². The zero-order chi connectivity index (χ0) is 23.6. The number of hydrogen-bond donors (Lipinski definition) is 0. The first-order chi connectivity index (χ1) is 14.8. The van der Waals surface area contributed by atoms with Crippen LogP contribution in [-0.2, 0) is 25.2 Å². The van der Waals surface area contributed by atoms with E-state index in [0.29, 0.717) is 24.3 Å². The van der Waals surface area contributed by atoms with E-state index in [0.717, 1.165) is 6.07 Å². The third kappa shape index (κ3) is 3.89. The first-order valence-corrected chi connectivity index (χ1v) is 9.85. The number of hydrogen-bond acceptors (Lipinski definition) is 0. The Hall–Kier alpha value is -2.49. The van der Waals surface area contributed by atoms with Gasteiger partial charge in [0.25, 0.3) is 0 Å². The molecule has 0 amide bonds. The second kappa shape index (κ2) is 7.54. The maximum Gasteiger partial charge on any atom is 0.417 e. The molecular weight excluding hydrogens is 515 g/mol.